The van der Waals surface area contributed by atoms with Crippen LogP contribution in [-0.4, -0.2) is 46.5 Å². The topological polar surface area (TPSA) is 61.4 Å². The molecule has 6 nitrogen and oxygen atoms in total. The SMILES string of the molecule is O=C(Nc1ccc(F)c(F)c1)N1CCCN(c2nc(Cc3ccc(Cl)cc3)ns2)CC1. The number of hydrogen-bond donors (Lipinski definition) is 1. The molecule has 1 N–H and O–H groups in total. The summed E-state index contributed by atoms with van der Waals surface area (Å²) in [6.07, 6.45) is 1.39. The second-order valence-corrected chi connectivity index (χ2v) is 8.35. The molecule has 162 valence electrons. The van der Waals surface area contributed by atoms with Gasteiger partial charge in [-0.1, -0.05) is 23.7 Å². The molecule has 1 fully saturated rings. The highest BCUT2D eigenvalue weighted by Gasteiger charge is 2.21. The Hall–Kier alpha value is -2.78. The van der Waals surface area contributed by atoms with Crippen LogP contribution in [0.25, 0.3) is 0 Å². The van der Waals surface area contributed by atoms with E-state index in [1.807, 2.05) is 24.3 Å². The molecule has 10 heteroatoms. The molecule has 0 saturated carbocycles. The van der Waals surface area contributed by atoms with E-state index in [4.69, 9.17) is 11.6 Å². The lowest BCUT2D eigenvalue weighted by molar-refractivity contribution is 0.215. The van der Waals surface area contributed by atoms with Gasteiger partial charge in [0.25, 0.3) is 0 Å². The molecule has 0 radical (unpaired) electrons. The summed E-state index contributed by atoms with van der Waals surface area (Å²) in [6.45, 7) is 2.41. The van der Waals surface area contributed by atoms with Crippen LogP contribution in [0.5, 0.6) is 0 Å². The highest BCUT2D eigenvalue weighted by Crippen LogP contribution is 2.22. The zero-order valence-electron chi connectivity index (χ0n) is 16.5. The number of nitrogens with zero attached hydrogens (tertiary/aromatic N) is 4. The van der Waals surface area contributed by atoms with E-state index >= 15 is 0 Å². The van der Waals surface area contributed by atoms with Crippen molar-refractivity contribution in [2.45, 2.75) is 12.8 Å². The van der Waals surface area contributed by atoms with Gasteiger partial charge in [-0.2, -0.15) is 4.37 Å². The Morgan fingerprint density at radius 1 is 1.06 bits per heavy atom. The second-order valence-electron chi connectivity index (χ2n) is 7.18. The van der Waals surface area contributed by atoms with Gasteiger partial charge >= 0.3 is 6.03 Å². The van der Waals surface area contributed by atoms with E-state index in [0.29, 0.717) is 31.1 Å². The molecule has 2 amide bonds. The number of hydrogen-bond acceptors (Lipinski definition) is 5. The molecule has 1 aliphatic rings. The van der Waals surface area contributed by atoms with E-state index in [0.717, 1.165) is 41.6 Å². The maximum absolute atomic E-state index is 13.4. The number of benzene rings is 2. The molecule has 0 spiro atoms. The fourth-order valence-electron chi connectivity index (χ4n) is 3.32. The fraction of sp³-hybridized carbons (Fsp3) is 0.286. The Morgan fingerprint density at radius 3 is 2.65 bits per heavy atom. The summed E-state index contributed by atoms with van der Waals surface area (Å²) in [5, 5.41) is 4.14. The van der Waals surface area contributed by atoms with Crippen LogP contribution in [0.3, 0.4) is 0 Å². The first-order chi connectivity index (χ1) is 15.0. The molecule has 1 saturated heterocycles. The molecular weight excluding hydrogens is 444 g/mol. The van der Waals surface area contributed by atoms with Crippen molar-refractivity contribution < 1.29 is 13.6 Å². The molecule has 2 aromatic carbocycles. The predicted molar refractivity (Wildman–Crippen MR) is 118 cm³/mol. The maximum atomic E-state index is 13.4. The van der Waals surface area contributed by atoms with Crippen LogP contribution >= 0.6 is 23.1 Å². The fourth-order valence-corrected chi connectivity index (χ4v) is 4.18. The van der Waals surface area contributed by atoms with Crippen LogP contribution < -0.4 is 10.2 Å². The molecule has 1 aromatic heterocycles. The quantitative estimate of drug-likeness (QED) is 0.603. The number of rotatable bonds is 4. The molecule has 0 bridgehead atoms. The number of halogens is 3. The van der Waals surface area contributed by atoms with Crippen molar-refractivity contribution in [2.24, 2.45) is 0 Å². The Balaban J connectivity index is 1.34. The second kappa shape index (κ2) is 9.57. The normalized spacial score (nSPS) is 14.4. The number of carbonyl (C=O) groups is 1. The third-order valence-electron chi connectivity index (χ3n) is 4.96. The van der Waals surface area contributed by atoms with Gasteiger partial charge in [-0.25, -0.2) is 18.6 Å². The number of urea groups is 1. The van der Waals surface area contributed by atoms with E-state index in [9.17, 15) is 13.6 Å². The lowest BCUT2D eigenvalue weighted by Crippen LogP contribution is -2.38. The molecular formula is C21H20ClF2N5OS. The molecule has 0 unspecified atom stereocenters. The number of amides is 2. The first-order valence-corrected chi connectivity index (χ1v) is 11.0. The number of carbonyl (C=O) groups excluding carboxylic acids is 1. The third-order valence-corrected chi connectivity index (χ3v) is 6.02. The van der Waals surface area contributed by atoms with Gasteiger partial charge in [0.1, 0.15) is 5.82 Å². The Morgan fingerprint density at radius 2 is 1.87 bits per heavy atom. The van der Waals surface area contributed by atoms with Crippen molar-refractivity contribution in [3.8, 4) is 0 Å². The average molecular weight is 464 g/mol. The highest BCUT2D eigenvalue weighted by molar-refractivity contribution is 7.09. The molecule has 0 aliphatic carbocycles. The zero-order chi connectivity index (χ0) is 21.8. The monoisotopic (exact) mass is 463 g/mol. The smallest absolute Gasteiger partial charge is 0.321 e. The number of aromatic nitrogens is 2. The van der Waals surface area contributed by atoms with E-state index in [2.05, 4.69) is 19.6 Å². The van der Waals surface area contributed by atoms with Crippen LogP contribution in [0, 0.1) is 11.6 Å². The Labute approximate surface area is 187 Å². The number of anilines is 2. The van der Waals surface area contributed by atoms with Crippen molar-refractivity contribution in [3.63, 3.8) is 0 Å². The van der Waals surface area contributed by atoms with Gasteiger partial charge in [0.2, 0.25) is 5.13 Å². The van der Waals surface area contributed by atoms with Crippen molar-refractivity contribution in [3.05, 3.63) is 70.5 Å². The molecule has 1 aliphatic heterocycles. The lowest BCUT2D eigenvalue weighted by Gasteiger charge is -2.22. The van der Waals surface area contributed by atoms with Gasteiger partial charge < -0.3 is 15.1 Å². The summed E-state index contributed by atoms with van der Waals surface area (Å²) >= 11 is 7.27. The van der Waals surface area contributed by atoms with Crippen LogP contribution in [-0.2, 0) is 6.42 Å². The maximum Gasteiger partial charge on any atom is 0.321 e. The van der Waals surface area contributed by atoms with Gasteiger partial charge in [-0.05, 0) is 36.2 Å². The third kappa shape index (κ3) is 5.48. The molecule has 3 aromatic rings. The minimum Gasteiger partial charge on any atom is -0.345 e. The summed E-state index contributed by atoms with van der Waals surface area (Å²) in [5.74, 6) is -1.19. The van der Waals surface area contributed by atoms with Crippen LogP contribution in [0.15, 0.2) is 42.5 Å². The first-order valence-electron chi connectivity index (χ1n) is 9.81. The summed E-state index contributed by atoms with van der Waals surface area (Å²) in [6, 6.07) is 10.6. The van der Waals surface area contributed by atoms with Crippen LogP contribution in [0.4, 0.5) is 24.4 Å². The Bertz CT molecular complexity index is 1060. The minimum atomic E-state index is -0.995. The summed E-state index contributed by atoms with van der Waals surface area (Å²) in [5.41, 5.74) is 1.31. The highest BCUT2D eigenvalue weighted by atomic mass is 35.5. The zero-order valence-corrected chi connectivity index (χ0v) is 18.1. The van der Waals surface area contributed by atoms with Crippen molar-refractivity contribution in [1.82, 2.24) is 14.3 Å². The minimum absolute atomic E-state index is 0.223. The summed E-state index contributed by atoms with van der Waals surface area (Å²) < 4.78 is 30.9. The van der Waals surface area contributed by atoms with E-state index < -0.39 is 11.6 Å². The molecule has 2 heterocycles. The van der Waals surface area contributed by atoms with Gasteiger partial charge in [0.15, 0.2) is 11.6 Å². The van der Waals surface area contributed by atoms with E-state index in [1.165, 1.54) is 17.6 Å². The predicted octanol–water partition coefficient (Wildman–Crippen LogP) is 4.80. The molecule has 4 rings (SSSR count). The van der Waals surface area contributed by atoms with Gasteiger partial charge in [-0.15, -0.1) is 0 Å². The van der Waals surface area contributed by atoms with Crippen LogP contribution in [0.1, 0.15) is 17.8 Å². The number of nitrogens with one attached hydrogen (secondary N) is 1. The standard InChI is InChI=1S/C21H20ClF2N5OS/c22-15-4-2-14(3-5-15)12-19-26-21(31-27-19)29-9-1-8-28(10-11-29)20(30)25-16-6-7-17(23)18(24)13-16/h2-7,13H,1,8-12H2,(H,25,30). The summed E-state index contributed by atoms with van der Waals surface area (Å²) in [4.78, 5) is 21.0. The van der Waals surface area contributed by atoms with Crippen molar-refractivity contribution in [1.29, 1.82) is 0 Å². The molecule has 31 heavy (non-hydrogen) atoms. The van der Waals surface area contributed by atoms with E-state index in [-0.39, 0.29) is 11.7 Å². The van der Waals surface area contributed by atoms with Gasteiger partial charge in [-0.3, -0.25) is 0 Å². The average Bonchev–Trinajstić information content (AvgIpc) is 3.07. The van der Waals surface area contributed by atoms with Crippen LogP contribution in [0.2, 0.25) is 5.02 Å². The van der Waals surface area contributed by atoms with Gasteiger partial charge in [0, 0.05) is 60.9 Å². The summed E-state index contributed by atoms with van der Waals surface area (Å²) in [7, 11) is 0. The van der Waals surface area contributed by atoms with Crippen molar-refractivity contribution >= 4 is 40.0 Å². The van der Waals surface area contributed by atoms with E-state index in [1.54, 1.807) is 4.90 Å². The first kappa shape index (κ1) is 21.5. The van der Waals surface area contributed by atoms with Crippen molar-refractivity contribution in [2.75, 3.05) is 36.4 Å². The van der Waals surface area contributed by atoms with Gasteiger partial charge in [0.05, 0.1) is 0 Å². The largest absolute Gasteiger partial charge is 0.345 e. The lowest BCUT2D eigenvalue weighted by atomic mass is 10.1. The Kier molecular flexibility index (Phi) is 6.62. The molecule has 0 atom stereocenters.